The number of aryl methyl sites for hydroxylation is 1. The highest BCUT2D eigenvalue weighted by molar-refractivity contribution is 5.04. The number of hydrogen-bond acceptors (Lipinski definition) is 4. The van der Waals surface area contributed by atoms with Crippen LogP contribution in [0.2, 0.25) is 0 Å². The molecule has 94 valence electrons. The van der Waals surface area contributed by atoms with Crippen molar-refractivity contribution in [2.24, 2.45) is 5.41 Å². The summed E-state index contributed by atoms with van der Waals surface area (Å²) in [6, 6.07) is 0. The predicted octanol–water partition coefficient (Wildman–Crippen LogP) is 1.34. The van der Waals surface area contributed by atoms with Gasteiger partial charge in [-0.15, -0.1) is 10.2 Å². The molecule has 2 aliphatic heterocycles. The van der Waals surface area contributed by atoms with E-state index in [9.17, 15) is 0 Å². The Balaban J connectivity index is 1.88. The first-order valence-corrected chi connectivity index (χ1v) is 6.27. The van der Waals surface area contributed by atoms with Gasteiger partial charge >= 0.3 is 0 Å². The van der Waals surface area contributed by atoms with E-state index in [2.05, 4.69) is 28.6 Å². The van der Waals surface area contributed by atoms with Crippen LogP contribution in [0.15, 0.2) is 0 Å². The molecule has 0 radical (unpaired) electrons. The first-order chi connectivity index (χ1) is 8.16. The van der Waals surface area contributed by atoms with Gasteiger partial charge in [-0.25, -0.2) is 0 Å². The van der Waals surface area contributed by atoms with Gasteiger partial charge in [0.1, 0.15) is 11.9 Å². The van der Waals surface area contributed by atoms with Crippen LogP contribution in [0.1, 0.15) is 38.0 Å². The van der Waals surface area contributed by atoms with Crippen LogP contribution >= 0.6 is 0 Å². The first-order valence-electron chi connectivity index (χ1n) is 6.27. The molecule has 3 heterocycles. The zero-order valence-corrected chi connectivity index (χ0v) is 10.5. The molecule has 0 spiro atoms. The maximum absolute atomic E-state index is 5.71. The third-order valence-corrected chi connectivity index (χ3v) is 3.57. The van der Waals surface area contributed by atoms with E-state index < -0.39 is 0 Å². The lowest BCUT2D eigenvalue weighted by molar-refractivity contribution is -0.0953. The Morgan fingerprint density at radius 2 is 2.18 bits per heavy atom. The quantitative estimate of drug-likeness (QED) is 0.739. The summed E-state index contributed by atoms with van der Waals surface area (Å²) >= 11 is 0. The van der Waals surface area contributed by atoms with Crippen LogP contribution < -0.4 is 0 Å². The van der Waals surface area contributed by atoms with Crippen LogP contribution in [0, 0.1) is 5.41 Å². The second kappa shape index (κ2) is 4.07. The highest BCUT2D eigenvalue weighted by atomic mass is 16.6. The lowest BCUT2D eigenvalue weighted by atomic mass is 9.85. The zero-order chi connectivity index (χ0) is 11.9. The Bertz CT molecular complexity index is 408. The van der Waals surface area contributed by atoms with Crippen LogP contribution in [0.4, 0.5) is 0 Å². The zero-order valence-electron chi connectivity index (χ0n) is 10.5. The molecule has 1 aromatic heterocycles. The van der Waals surface area contributed by atoms with Crippen LogP contribution in [0.3, 0.4) is 0 Å². The third kappa shape index (κ3) is 2.09. The SMILES string of the molecule is CC1(C)CCc2nnc(C3COCCO3)n2C1. The molecule has 0 aliphatic carbocycles. The third-order valence-electron chi connectivity index (χ3n) is 3.57. The molecular weight excluding hydrogens is 218 g/mol. The summed E-state index contributed by atoms with van der Waals surface area (Å²) in [6.07, 6.45) is 2.14. The van der Waals surface area contributed by atoms with Crippen LogP contribution in [-0.2, 0) is 22.4 Å². The number of rotatable bonds is 1. The summed E-state index contributed by atoms with van der Waals surface area (Å²) in [6.45, 7) is 7.48. The largest absolute Gasteiger partial charge is 0.376 e. The summed E-state index contributed by atoms with van der Waals surface area (Å²) in [5.74, 6) is 2.03. The minimum atomic E-state index is -0.0427. The highest BCUT2D eigenvalue weighted by Crippen LogP contribution is 2.32. The summed E-state index contributed by atoms with van der Waals surface area (Å²) in [4.78, 5) is 0. The smallest absolute Gasteiger partial charge is 0.164 e. The molecule has 5 heteroatoms. The van der Waals surface area contributed by atoms with Crippen LogP contribution in [0.25, 0.3) is 0 Å². The molecule has 1 saturated heterocycles. The number of aromatic nitrogens is 3. The van der Waals surface area contributed by atoms with Crippen molar-refractivity contribution in [3.8, 4) is 0 Å². The van der Waals surface area contributed by atoms with Crippen molar-refractivity contribution >= 4 is 0 Å². The predicted molar refractivity (Wildman–Crippen MR) is 61.6 cm³/mol. The standard InChI is InChI=1S/C12H19N3O2/c1-12(2)4-3-10-13-14-11(15(10)8-12)9-7-16-5-6-17-9/h9H,3-8H2,1-2H3. The Hall–Kier alpha value is -0.940. The van der Waals surface area contributed by atoms with E-state index in [1.165, 1.54) is 6.42 Å². The van der Waals surface area contributed by atoms with Crippen LogP contribution in [-0.4, -0.2) is 34.6 Å². The monoisotopic (exact) mass is 237 g/mol. The van der Waals surface area contributed by atoms with Crippen molar-refractivity contribution in [3.05, 3.63) is 11.6 Å². The fraction of sp³-hybridized carbons (Fsp3) is 0.833. The van der Waals surface area contributed by atoms with E-state index in [1.54, 1.807) is 0 Å². The molecule has 3 rings (SSSR count). The lowest BCUT2D eigenvalue weighted by Crippen LogP contribution is -2.31. The number of nitrogens with zero attached hydrogens (tertiary/aromatic N) is 3. The minimum absolute atomic E-state index is 0.0427. The van der Waals surface area contributed by atoms with Gasteiger partial charge in [0.05, 0.1) is 19.8 Å². The molecule has 0 bridgehead atoms. The number of ether oxygens (including phenoxy) is 2. The average Bonchev–Trinajstić information content (AvgIpc) is 2.71. The number of fused-ring (bicyclic) bond motifs is 1. The normalized spacial score (nSPS) is 27.8. The Labute approximate surface area is 101 Å². The molecule has 0 amide bonds. The summed E-state index contributed by atoms with van der Waals surface area (Å²) < 4.78 is 13.4. The van der Waals surface area contributed by atoms with Gasteiger partial charge in [-0.3, -0.25) is 0 Å². The molecule has 17 heavy (non-hydrogen) atoms. The Kier molecular flexibility index (Phi) is 2.67. The second-order valence-electron chi connectivity index (χ2n) is 5.66. The van der Waals surface area contributed by atoms with E-state index in [-0.39, 0.29) is 6.10 Å². The molecule has 1 aromatic rings. The van der Waals surface area contributed by atoms with Gasteiger partial charge in [0.15, 0.2) is 5.82 Å². The molecule has 2 aliphatic rings. The second-order valence-corrected chi connectivity index (χ2v) is 5.66. The molecule has 1 unspecified atom stereocenters. The van der Waals surface area contributed by atoms with Gasteiger partial charge in [0.2, 0.25) is 0 Å². The van der Waals surface area contributed by atoms with Crippen molar-refractivity contribution in [1.82, 2.24) is 14.8 Å². The molecule has 0 aromatic carbocycles. The van der Waals surface area contributed by atoms with Gasteiger partial charge in [-0.2, -0.15) is 0 Å². The minimum Gasteiger partial charge on any atom is -0.376 e. The molecule has 0 saturated carbocycles. The van der Waals surface area contributed by atoms with E-state index in [1.807, 2.05) is 0 Å². The van der Waals surface area contributed by atoms with Crippen molar-refractivity contribution in [2.45, 2.75) is 39.3 Å². The topological polar surface area (TPSA) is 49.2 Å². The molecule has 1 fully saturated rings. The average molecular weight is 237 g/mol. The lowest BCUT2D eigenvalue weighted by Gasteiger charge is -2.32. The number of hydrogen-bond donors (Lipinski definition) is 0. The van der Waals surface area contributed by atoms with E-state index in [4.69, 9.17) is 9.47 Å². The van der Waals surface area contributed by atoms with Gasteiger partial charge in [0.25, 0.3) is 0 Å². The highest BCUT2D eigenvalue weighted by Gasteiger charge is 2.31. The maximum Gasteiger partial charge on any atom is 0.164 e. The summed E-state index contributed by atoms with van der Waals surface area (Å²) in [5.41, 5.74) is 0.319. The van der Waals surface area contributed by atoms with Gasteiger partial charge in [-0.05, 0) is 11.8 Å². The van der Waals surface area contributed by atoms with Gasteiger partial charge < -0.3 is 14.0 Å². The van der Waals surface area contributed by atoms with E-state index in [0.717, 1.165) is 24.6 Å². The Morgan fingerprint density at radius 1 is 1.29 bits per heavy atom. The first kappa shape index (κ1) is 11.2. The fourth-order valence-electron chi connectivity index (χ4n) is 2.54. The van der Waals surface area contributed by atoms with Crippen molar-refractivity contribution in [3.63, 3.8) is 0 Å². The Morgan fingerprint density at radius 3 is 2.94 bits per heavy atom. The van der Waals surface area contributed by atoms with Crippen molar-refractivity contribution in [2.75, 3.05) is 19.8 Å². The molecule has 0 N–H and O–H groups in total. The van der Waals surface area contributed by atoms with Gasteiger partial charge in [0, 0.05) is 13.0 Å². The molecule has 5 nitrogen and oxygen atoms in total. The summed E-state index contributed by atoms with van der Waals surface area (Å²) in [7, 11) is 0. The maximum atomic E-state index is 5.71. The van der Waals surface area contributed by atoms with E-state index >= 15 is 0 Å². The molecular formula is C12H19N3O2. The fourth-order valence-corrected chi connectivity index (χ4v) is 2.54. The van der Waals surface area contributed by atoms with Crippen molar-refractivity contribution in [1.29, 1.82) is 0 Å². The summed E-state index contributed by atoms with van der Waals surface area (Å²) in [5, 5.41) is 8.57. The van der Waals surface area contributed by atoms with Crippen molar-refractivity contribution < 1.29 is 9.47 Å². The molecule has 1 atom stereocenters. The van der Waals surface area contributed by atoms with E-state index in [0.29, 0.717) is 25.2 Å². The van der Waals surface area contributed by atoms with Gasteiger partial charge in [-0.1, -0.05) is 13.8 Å². The van der Waals surface area contributed by atoms with Crippen LogP contribution in [0.5, 0.6) is 0 Å².